The van der Waals surface area contributed by atoms with E-state index >= 15 is 0 Å². The minimum atomic E-state index is -2.95. The first-order chi connectivity index (χ1) is 21.8. The molecule has 18 nitrogen and oxygen atoms in total. The van der Waals surface area contributed by atoms with Gasteiger partial charge in [0, 0.05) is 24.9 Å². The molecule has 3 aliphatic rings. The maximum atomic E-state index is 11.4. The van der Waals surface area contributed by atoms with Crippen LogP contribution in [0.4, 0.5) is 0 Å². The van der Waals surface area contributed by atoms with Gasteiger partial charge in [0.25, 0.3) is 6.23 Å². The average Bonchev–Trinajstić information content (AvgIpc) is 3.54. The van der Waals surface area contributed by atoms with E-state index in [1.165, 1.54) is 79.7 Å². The van der Waals surface area contributed by atoms with E-state index in [9.17, 15) is 30.0 Å². The number of pyridine rings is 1. The van der Waals surface area contributed by atoms with E-state index in [2.05, 4.69) is 9.47 Å². The van der Waals surface area contributed by atoms with Crippen molar-refractivity contribution in [2.24, 2.45) is 0 Å². The molecule has 0 saturated carbocycles. The van der Waals surface area contributed by atoms with Crippen molar-refractivity contribution in [1.29, 1.82) is 0 Å². The quantitative estimate of drug-likeness (QED) is 0.0914. The fourth-order valence-electron chi connectivity index (χ4n) is 4.14. The van der Waals surface area contributed by atoms with Crippen LogP contribution in [0, 0.1) is 0 Å². The summed E-state index contributed by atoms with van der Waals surface area (Å²) >= 11 is 2.89. The second kappa shape index (κ2) is 21.6. The van der Waals surface area contributed by atoms with E-state index in [4.69, 9.17) is 36.5 Å². The van der Waals surface area contributed by atoms with Crippen molar-refractivity contribution in [3.8, 4) is 0 Å². The van der Waals surface area contributed by atoms with Gasteiger partial charge in [-0.15, -0.1) is 0 Å². The minimum absolute atomic E-state index is 0.294. The molecule has 0 bridgehead atoms. The van der Waals surface area contributed by atoms with E-state index < -0.39 is 86.2 Å². The number of allylic oxidation sites excluding steroid dienone is 1. The topological polar surface area (TPSA) is 268 Å². The Morgan fingerprint density at radius 2 is 1.46 bits per heavy atom. The van der Waals surface area contributed by atoms with Crippen molar-refractivity contribution in [2.75, 3.05) is 27.4 Å². The zero-order valence-corrected chi connectivity index (χ0v) is 30.9. The van der Waals surface area contributed by atoms with Crippen molar-refractivity contribution in [1.82, 2.24) is 4.90 Å². The number of carbonyl (C=O) groups excluding carboxylic acids is 2. The first-order valence-corrected chi connectivity index (χ1v) is 24.2. The number of aliphatic hydroxyl groups is 6. The molecular weight excluding hydrogens is 682 g/mol. The van der Waals surface area contributed by atoms with Gasteiger partial charge in [-0.3, -0.25) is 0 Å². The maximum absolute atomic E-state index is 11.4. The first kappa shape index (κ1) is 42.7. The van der Waals surface area contributed by atoms with Crippen molar-refractivity contribution in [3.05, 3.63) is 54.1 Å². The van der Waals surface area contributed by atoms with E-state index in [-0.39, 0.29) is 6.61 Å². The van der Waals surface area contributed by atoms with Crippen LogP contribution >= 0.6 is 0 Å². The molecule has 0 aliphatic carbocycles. The molecule has 4 heterocycles. The second-order valence-electron chi connectivity index (χ2n) is 9.08. The molecule has 4 rings (SSSR count). The number of nitrogens with zero attached hydrogens (tertiary/aromatic N) is 2. The summed E-state index contributed by atoms with van der Waals surface area (Å²) in [5.41, 5.74) is 0.713. The van der Waals surface area contributed by atoms with E-state index in [1.807, 2.05) is 0 Å². The molecule has 8 atom stereocenters. The van der Waals surface area contributed by atoms with Crippen LogP contribution in [-0.2, 0) is 42.3 Å². The summed E-state index contributed by atoms with van der Waals surface area (Å²) in [5.74, 6) is -0.970. The van der Waals surface area contributed by atoms with Gasteiger partial charge in [-0.25, -0.2) is 9.59 Å². The number of aromatic nitrogens is 1. The fourth-order valence-corrected chi connectivity index (χ4v) is 4.14. The van der Waals surface area contributed by atoms with Crippen molar-refractivity contribution in [2.45, 2.75) is 55.5 Å². The summed E-state index contributed by atoms with van der Waals surface area (Å²) in [7, 11) is -3.34. The van der Waals surface area contributed by atoms with Crippen molar-refractivity contribution in [3.63, 3.8) is 0 Å². The summed E-state index contributed by atoms with van der Waals surface area (Å²) < 4.78 is 57.7. The Kier molecular flexibility index (Phi) is 20.1. The van der Waals surface area contributed by atoms with Crippen molar-refractivity contribution >= 4 is 74.1 Å². The summed E-state index contributed by atoms with van der Waals surface area (Å²) in [5, 5.41) is 57.2. The molecule has 0 amide bonds. The summed E-state index contributed by atoms with van der Waals surface area (Å²) in [6.07, 6.45) is 0.242. The molecule has 1 aromatic heterocycles. The zero-order chi connectivity index (χ0) is 35.1. The molecule has 0 spiro atoms. The monoisotopic (exact) mass is 715 g/mol. The number of hydrogen-bond acceptors (Lipinski definition) is 17. The van der Waals surface area contributed by atoms with Gasteiger partial charge in [-0.2, -0.15) is 21.4 Å². The number of rotatable bonds is 6. The fraction of sp³-hybridized carbons (Fsp3) is 0.542. The molecule has 3 aliphatic heterocycles. The Hall–Kier alpha value is -1.31. The van der Waals surface area contributed by atoms with Gasteiger partial charge in [0.1, 0.15) is 36.1 Å². The molecule has 0 aromatic carbocycles. The number of esters is 2. The molecule has 6 N–H and O–H groups in total. The van der Waals surface area contributed by atoms with Crippen LogP contribution in [0.15, 0.2) is 48.6 Å². The SMILES string of the molecule is COC(=O)C1=CN([C@@H]2O[C@H](CO)[C@H](O)C2O)C=CC1.COC(=O)c1ccc[n+]([C@@H]2O[C@H](CO)[C@H](O)C2O)c1.O=S(=O)=S(=O)=O.[Na][Na]. The molecule has 0 radical (unpaired) electrons. The van der Waals surface area contributed by atoms with Crippen LogP contribution in [0.5, 0.6) is 0 Å². The normalized spacial score (nSPS) is 27.8. The molecule has 22 heteroatoms. The zero-order valence-electron chi connectivity index (χ0n) is 25.3. The van der Waals surface area contributed by atoms with Gasteiger partial charge in [-0.05, 0) is 6.07 Å². The van der Waals surface area contributed by atoms with Gasteiger partial charge in [0.05, 0.1) is 33.0 Å². The molecule has 1 aromatic rings. The van der Waals surface area contributed by atoms with E-state index in [1.54, 1.807) is 30.6 Å². The standard InChI is InChI=1S/C12H17NO6.C12H16NO6.2Na.O4S2/c2*1-18-12(17)7-3-2-4-13(5-7)11-10(16)9(15)8(6-14)19-11;;;1-5(2)6(3)4/h2,4-5,8-11,14-16H,3,6H2,1H3;2-5,8-11,14-16H,6H2,1H3;;;/q;+1;;;/t2*8-,9+,10?,11-;;;/m11.../s1. The molecule has 2 saturated heterocycles. The summed E-state index contributed by atoms with van der Waals surface area (Å²) in [6.45, 7) is -0.786. The Morgan fingerprint density at radius 3 is 1.93 bits per heavy atom. The molecule has 2 fully saturated rings. The number of ether oxygens (including phenoxy) is 4. The second-order valence-corrected chi connectivity index (χ2v) is 11.5. The Morgan fingerprint density at radius 1 is 0.913 bits per heavy atom. The van der Waals surface area contributed by atoms with Gasteiger partial charge < -0.3 is 54.5 Å². The van der Waals surface area contributed by atoms with Crippen LogP contribution in [0.1, 0.15) is 23.0 Å². The predicted molar refractivity (Wildman–Crippen MR) is 154 cm³/mol. The van der Waals surface area contributed by atoms with E-state index in [0.717, 1.165) is 0 Å². The van der Waals surface area contributed by atoms with Gasteiger partial charge in [0.2, 0.25) is 0 Å². The van der Waals surface area contributed by atoms with Crippen LogP contribution in [-0.4, -0.2) is 178 Å². The van der Waals surface area contributed by atoms with Crippen LogP contribution in [0.2, 0.25) is 0 Å². The molecule has 46 heavy (non-hydrogen) atoms. The third-order valence-electron chi connectivity index (χ3n) is 6.34. The average molecular weight is 716 g/mol. The third-order valence-corrected chi connectivity index (χ3v) is 7.23. The number of carbonyl (C=O) groups is 2. The predicted octanol–water partition coefficient (Wildman–Crippen LogP) is -5.03. The van der Waals surface area contributed by atoms with Gasteiger partial charge in [0.15, 0.2) is 24.7 Å². The van der Waals surface area contributed by atoms with Gasteiger partial charge >= 0.3 is 74.1 Å². The Balaban J connectivity index is 0.000000375. The first-order valence-electron chi connectivity index (χ1n) is 13.6. The Bertz CT molecular complexity index is 1430. The summed E-state index contributed by atoms with van der Waals surface area (Å²) in [4.78, 5) is 24.4. The third kappa shape index (κ3) is 12.0. The van der Waals surface area contributed by atoms with E-state index in [0.29, 0.717) is 17.6 Å². The molecule has 2 unspecified atom stereocenters. The number of methoxy groups -OCH3 is 2. The number of aliphatic hydroxyl groups excluding tert-OH is 6. The Labute approximate surface area is 294 Å². The summed E-state index contributed by atoms with van der Waals surface area (Å²) in [6, 6.07) is 3.16. The van der Waals surface area contributed by atoms with Crippen LogP contribution in [0.3, 0.4) is 0 Å². The molecular formula is C24H33N2Na2O16S2+. The van der Waals surface area contributed by atoms with Crippen molar-refractivity contribution < 1.29 is 80.6 Å². The molecule has 248 valence electrons. The van der Waals surface area contributed by atoms with Crippen LogP contribution < -0.4 is 4.57 Å². The number of hydrogen-bond donors (Lipinski definition) is 6. The van der Waals surface area contributed by atoms with Gasteiger partial charge in [-0.1, -0.05) is 6.08 Å². The van der Waals surface area contributed by atoms with Crippen LogP contribution in [0.25, 0.3) is 0 Å².